The molecule has 6 heteroatoms. The topological polar surface area (TPSA) is 63.2 Å². The van der Waals surface area contributed by atoms with Crippen LogP contribution in [0.25, 0.3) is 0 Å². The zero-order chi connectivity index (χ0) is 19.2. The molecule has 0 unspecified atom stereocenters. The molecule has 0 aromatic rings. The Bertz CT molecular complexity index is 409. The average molecular weight is 373 g/mol. The summed E-state index contributed by atoms with van der Waals surface area (Å²) in [4.78, 5) is 12.2. The molecule has 1 heterocycles. The first-order valence-corrected chi connectivity index (χ1v) is 9.94. The number of carbonyl (C=O) groups is 1. The van der Waals surface area contributed by atoms with Gasteiger partial charge in [-0.05, 0) is 19.3 Å². The first kappa shape index (κ1) is 22.9. The molecule has 0 amide bonds. The molecule has 0 N–H and O–H groups in total. The number of ether oxygens (including phenoxy) is 5. The molecule has 0 spiro atoms. The number of esters is 1. The van der Waals surface area contributed by atoms with Crippen LogP contribution in [0.3, 0.4) is 0 Å². The smallest absolute Gasteiger partial charge is 0.339 e. The molecule has 3 atom stereocenters. The summed E-state index contributed by atoms with van der Waals surface area (Å²) in [7, 11) is 1.36. The predicted molar refractivity (Wildman–Crippen MR) is 100.0 cm³/mol. The van der Waals surface area contributed by atoms with Crippen LogP contribution in [0.5, 0.6) is 0 Å². The molecule has 1 aliphatic heterocycles. The van der Waals surface area contributed by atoms with Crippen LogP contribution in [0, 0.1) is 0 Å². The van der Waals surface area contributed by atoms with Crippen LogP contribution in [0.1, 0.15) is 59.3 Å². The van der Waals surface area contributed by atoms with E-state index in [0.29, 0.717) is 32.0 Å². The maximum absolute atomic E-state index is 12.2. The molecular weight excluding hydrogens is 336 g/mol. The van der Waals surface area contributed by atoms with E-state index in [-0.39, 0.29) is 12.2 Å². The highest BCUT2D eigenvalue weighted by Crippen LogP contribution is 2.26. The van der Waals surface area contributed by atoms with Gasteiger partial charge in [0.05, 0.1) is 20.0 Å². The highest BCUT2D eigenvalue weighted by molar-refractivity contribution is 5.89. The molecule has 1 aliphatic rings. The van der Waals surface area contributed by atoms with E-state index >= 15 is 0 Å². The monoisotopic (exact) mass is 372 g/mol. The van der Waals surface area contributed by atoms with Gasteiger partial charge in [-0.25, -0.2) is 4.79 Å². The Hall–Kier alpha value is -1.11. The zero-order valence-electron chi connectivity index (χ0n) is 16.8. The van der Waals surface area contributed by atoms with E-state index in [1.165, 1.54) is 13.4 Å². The Balaban J connectivity index is 2.86. The molecule has 0 aromatic heterocycles. The second kappa shape index (κ2) is 14.0. The molecule has 0 saturated carbocycles. The summed E-state index contributed by atoms with van der Waals surface area (Å²) in [6, 6.07) is 0. The maximum Gasteiger partial charge on any atom is 0.339 e. The van der Waals surface area contributed by atoms with Crippen molar-refractivity contribution in [2.45, 2.75) is 77.6 Å². The summed E-state index contributed by atoms with van der Waals surface area (Å²) in [6.07, 6.45) is 6.27. The molecule has 152 valence electrons. The second-order valence-electron chi connectivity index (χ2n) is 6.50. The van der Waals surface area contributed by atoms with E-state index in [4.69, 9.17) is 23.7 Å². The lowest BCUT2D eigenvalue weighted by atomic mass is 9.98. The van der Waals surface area contributed by atoms with E-state index in [2.05, 4.69) is 20.8 Å². The van der Waals surface area contributed by atoms with Gasteiger partial charge in [-0.3, -0.25) is 0 Å². The van der Waals surface area contributed by atoms with Crippen molar-refractivity contribution in [2.75, 3.05) is 33.5 Å². The molecule has 0 aromatic carbocycles. The van der Waals surface area contributed by atoms with Gasteiger partial charge in [-0.15, -0.1) is 0 Å². The lowest BCUT2D eigenvalue weighted by Crippen LogP contribution is -2.50. The average Bonchev–Trinajstić information content (AvgIpc) is 2.66. The predicted octanol–water partition coefficient (Wildman–Crippen LogP) is 3.63. The SMILES string of the molecule is CCCCOC[C@H]1OC=C(C(=O)OC)[C@@H](OCCCC)[C@H]1OCCCC. The van der Waals surface area contributed by atoms with Crippen molar-refractivity contribution in [1.82, 2.24) is 0 Å². The van der Waals surface area contributed by atoms with Gasteiger partial charge in [0, 0.05) is 19.8 Å². The molecule has 26 heavy (non-hydrogen) atoms. The van der Waals surface area contributed by atoms with E-state index < -0.39 is 12.1 Å². The fourth-order valence-corrected chi connectivity index (χ4v) is 2.64. The fourth-order valence-electron chi connectivity index (χ4n) is 2.64. The summed E-state index contributed by atoms with van der Waals surface area (Å²) in [5.41, 5.74) is 0.370. The summed E-state index contributed by atoms with van der Waals surface area (Å²) < 4.78 is 28.5. The van der Waals surface area contributed by atoms with E-state index in [1.807, 2.05) is 0 Å². The number of rotatable bonds is 14. The van der Waals surface area contributed by atoms with Crippen LogP contribution in [0.2, 0.25) is 0 Å². The number of methoxy groups -OCH3 is 1. The second-order valence-corrected chi connectivity index (χ2v) is 6.50. The van der Waals surface area contributed by atoms with E-state index in [0.717, 1.165) is 38.5 Å². The fraction of sp³-hybridized carbons (Fsp3) is 0.850. The van der Waals surface area contributed by atoms with Gasteiger partial charge in [0.1, 0.15) is 23.9 Å². The van der Waals surface area contributed by atoms with Gasteiger partial charge >= 0.3 is 5.97 Å². The zero-order valence-corrected chi connectivity index (χ0v) is 16.8. The molecule has 0 aliphatic carbocycles. The van der Waals surface area contributed by atoms with Crippen LogP contribution >= 0.6 is 0 Å². The lowest BCUT2D eigenvalue weighted by molar-refractivity contribution is -0.157. The van der Waals surface area contributed by atoms with Gasteiger partial charge < -0.3 is 23.7 Å². The van der Waals surface area contributed by atoms with E-state index in [1.54, 1.807) is 0 Å². The summed E-state index contributed by atoms with van der Waals surface area (Å²) >= 11 is 0. The quantitative estimate of drug-likeness (QED) is 0.343. The number of hydrogen-bond acceptors (Lipinski definition) is 6. The third-order valence-electron chi connectivity index (χ3n) is 4.29. The van der Waals surface area contributed by atoms with E-state index in [9.17, 15) is 4.79 Å². The number of hydrogen-bond donors (Lipinski definition) is 0. The lowest BCUT2D eigenvalue weighted by Gasteiger charge is -2.37. The number of unbranched alkanes of at least 4 members (excludes halogenated alkanes) is 3. The summed E-state index contributed by atoms with van der Waals surface area (Å²) in [6.45, 7) is 8.60. The van der Waals surface area contributed by atoms with Gasteiger partial charge in [0.2, 0.25) is 0 Å². The van der Waals surface area contributed by atoms with Crippen molar-refractivity contribution in [2.24, 2.45) is 0 Å². The molecule has 1 rings (SSSR count). The third-order valence-corrected chi connectivity index (χ3v) is 4.29. The highest BCUT2D eigenvalue weighted by atomic mass is 16.6. The van der Waals surface area contributed by atoms with Crippen molar-refractivity contribution in [1.29, 1.82) is 0 Å². The molecule has 0 fully saturated rings. The van der Waals surface area contributed by atoms with Crippen molar-refractivity contribution in [3.63, 3.8) is 0 Å². The van der Waals surface area contributed by atoms with Crippen LogP contribution in [-0.4, -0.2) is 57.8 Å². The minimum absolute atomic E-state index is 0.302. The Labute approximate surface area is 158 Å². The molecule has 0 radical (unpaired) electrons. The van der Waals surface area contributed by atoms with Gasteiger partial charge in [-0.2, -0.15) is 0 Å². The maximum atomic E-state index is 12.2. The third kappa shape index (κ3) is 7.64. The van der Waals surface area contributed by atoms with Gasteiger partial charge in [0.15, 0.2) is 0 Å². The van der Waals surface area contributed by atoms with Crippen LogP contribution in [-0.2, 0) is 28.5 Å². The normalized spacial score (nSPS) is 22.6. The standard InChI is InChI=1S/C20H36O6/c1-5-8-11-23-15-17-19(25-13-10-7-3)18(24-12-9-6-2)16(14-26-17)20(21)22-4/h14,17-19H,5-13,15H2,1-4H3/t17-,18-,19+/m1/s1. The van der Waals surface area contributed by atoms with Crippen molar-refractivity contribution in [3.05, 3.63) is 11.8 Å². The molecule has 0 saturated heterocycles. The highest BCUT2D eigenvalue weighted by Gasteiger charge is 2.41. The van der Waals surface area contributed by atoms with Crippen molar-refractivity contribution >= 4 is 5.97 Å². The summed E-state index contributed by atoms with van der Waals surface area (Å²) in [5.74, 6) is -0.444. The largest absolute Gasteiger partial charge is 0.492 e. The molecule has 0 bridgehead atoms. The van der Waals surface area contributed by atoms with Gasteiger partial charge in [0.25, 0.3) is 0 Å². The Morgan fingerprint density at radius 3 is 2.23 bits per heavy atom. The van der Waals surface area contributed by atoms with Crippen LogP contribution in [0.15, 0.2) is 11.8 Å². The van der Waals surface area contributed by atoms with Crippen molar-refractivity contribution in [3.8, 4) is 0 Å². The Morgan fingerprint density at radius 2 is 1.62 bits per heavy atom. The van der Waals surface area contributed by atoms with Crippen LogP contribution in [0.4, 0.5) is 0 Å². The first-order chi connectivity index (χ1) is 12.7. The molecular formula is C20H36O6. The minimum atomic E-state index is -0.501. The minimum Gasteiger partial charge on any atom is -0.492 e. The van der Waals surface area contributed by atoms with Crippen LogP contribution < -0.4 is 0 Å². The van der Waals surface area contributed by atoms with Crippen molar-refractivity contribution < 1.29 is 28.5 Å². The number of carbonyl (C=O) groups excluding carboxylic acids is 1. The Kier molecular flexibility index (Phi) is 12.4. The Morgan fingerprint density at radius 1 is 1.00 bits per heavy atom. The summed E-state index contributed by atoms with van der Waals surface area (Å²) in [5, 5.41) is 0. The molecule has 6 nitrogen and oxygen atoms in total. The first-order valence-electron chi connectivity index (χ1n) is 9.94. The van der Waals surface area contributed by atoms with Gasteiger partial charge in [-0.1, -0.05) is 40.0 Å².